The van der Waals surface area contributed by atoms with Crippen LogP contribution >= 0.6 is 43.2 Å². The molecule has 0 aliphatic heterocycles. The van der Waals surface area contributed by atoms with Crippen molar-refractivity contribution in [1.29, 1.82) is 0 Å². The van der Waals surface area contributed by atoms with E-state index in [0.29, 0.717) is 10.4 Å². The number of thiophene rings is 1. The molecule has 0 spiro atoms. The number of carbonyl (C=O) groups excluding carboxylic acids is 1. The molecule has 2 aromatic rings. The van der Waals surface area contributed by atoms with Gasteiger partial charge >= 0.3 is 0 Å². The van der Waals surface area contributed by atoms with Crippen molar-refractivity contribution in [3.8, 4) is 0 Å². The van der Waals surface area contributed by atoms with E-state index < -0.39 is 0 Å². The molecule has 0 unspecified atom stereocenters. The smallest absolute Gasteiger partial charge is 0.207 e. The molecule has 0 aliphatic carbocycles. The van der Waals surface area contributed by atoms with Crippen molar-refractivity contribution in [3.63, 3.8) is 0 Å². The first-order valence-electron chi connectivity index (χ1n) is 4.12. The highest BCUT2D eigenvalue weighted by Crippen LogP contribution is 2.34. The summed E-state index contributed by atoms with van der Waals surface area (Å²) in [4.78, 5) is 12.7. The maximum atomic E-state index is 12.0. The van der Waals surface area contributed by atoms with Gasteiger partial charge < -0.3 is 4.42 Å². The molecule has 15 heavy (non-hydrogen) atoms. The Bertz CT molecular complexity index is 513. The van der Waals surface area contributed by atoms with Crippen molar-refractivity contribution < 1.29 is 9.21 Å². The van der Waals surface area contributed by atoms with Gasteiger partial charge in [-0.25, -0.2) is 0 Å². The zero-order valence-electron chi connectivity index (χ0n) is 7.71. The molecular weight excluding hydrogens is 344 g/mol. The fraction of sp³-hybridized carbons (Fsp3) is 0.100. The topological polar surface area (TPSA) is 30.2 Å². The summed E-state index contributed by atoms with van der Waals surface area (Å²) in [7, 11) is 0. The van der Waals surface area contributed by atoms with Gasteiger partial charge in [-0.05, 0) is 44.8 Å². The average Bonchev–Trinajstić information content (AvgIpc) is 2.75. The molecule has 0 radical (unpaired) electrons. The molecule has 78 valence electrons. The summed E-state index contributed by atoms with van der Waals surface area (Å²) in [6.07, 6.45) is 1.48. The maximum Gasteiger partial charge on any atom is 0.207 e. The molecule has 5 heteroatoms. The summed E-state index contributed by atoms with van der Waals surface area (Å²) in [5.74, 6) is 0.722. The Morgan fingerprint density at radius 3 is 2.67 bits per heavy atom. The van der Waals surface area contributed by atoms with Crippen LogP contribution < -0.4 is 0 Å². The van der Waals surface area contributed by atoms with Crippen LogP contribution in [0.3, 0.4) is 0 Å². The quantitative estimate of drug-likeness (QED) is 0.752. The number of hydrogen-bond donors (Lipinski definition) is 0. The third kappa shape index (κ3) is 2.09. The van der Waals surface area contributed by atoms with Crippen molar-refractivity contribution >= 4 is 49.0 Å². The van der Waals surface area contributed by atoms with Gasteiger partial charge in [-0.3, -0.25) is 4.79 Å². The zero-order chi connectivity index (χ0) is 11.0. The SMILES string of the molecule is Cc1cc(C(=O)c2scc(Br)c2Br)co1. The van der Waals surface area contributed by atoms with Gasteiger partial charge in [0.15, 0.2) is 0 Å². The lowest BCUT2D eigenvalue weighted by atomic mass is 10.2. The summed E-state index contributed by atoms with van der Waals surface area (Å²) in [6, 6.07) is 1.74. The van der Waals surface area contributed by atoms with Crippen molar-refractivity contribution in [2.24, 2.45) is 0 Å². The monoisotopic (exact) mass is 348 g/mol. The fourth-order valence-corrected chi connectivity index (χ4v) is 3.28. The molecule has 2 rings (SSSR count). The van der Waals surface area contributed by atoms with Crippen LogP contribution in [0.15, 0.2) is 31.1 Å². The van der Waals surface area contributed by atoms with Gasteiger partial charge in [0.2, 0.25) is 5.78 Å². The number of aryl methyl sites for hydroxylation is 1. The van der Waals surface area contributed by atoms with E-state index in [1.165, 1.54) is 17.6 Å². The Morgan fingerprint density at radius 2 is 2.20 bits per heavy atom. The Labute approximate surface area is 108 Å². The number of furan rings is 1. The van der Waals surface area contributed by atoms with E-state index >= 15 is 0 Å². The molecule has 0 aromatic carbocycles. The Balaban J connectivity index is 2.41. The number of carbonyl (C=O) groups is 1. The molecule has 0 bridgehead atoms. The van der Waals surface area contributed by atoms with Crippen molar-refractivity contribution in [2.45, 2.75) is 6.92 Å². The molecule has 2 aromatic heterocycles. The number of hydrogen-bond acceptors (Lipinski definition) is 3. The number of rotatable bonds is 2. The molecule has 2 heterocycles. The molecule has 0 amide bonds. The Kier molecular flexibility index (Phi) is 3.13. The van der Waals surface area contributed by atoms with E-state index in [1.807, 2.05) is 12.3 Å². The van der Waals surface area contributed by atoms with Crippen LogP contribution in [0.1, 0.15) is 21.0 Å². The summed E-state index contributed by atoms with van der Waals surface area (Å²) < 4.78 is 6.81. The van der Waals surface area contributed by atoms with E-state index in [1.54, 1.807) is 6.07 Å². The predicted octanol–water partition coefficient (Wildman–Crippen LogP) is 4.41. The van der Waals surface area contributed by atoms with Gasteiger partial charge in [0, 0.05) is 9.85 Å². The number of ketones is 1. The third-order valence-corrected chi connectivity index (χ3v) is 5.41. The molecule has 0 fully saturated rings. The van der Waals surface area contributed by atoms with E-state index in [2.05, 4.69) is 31.9 Å². The minimum Gasteiger partial charge on any atom is -0.469 e. The first-order valence-corrected chi connectivity index (χ1v) is 6.58. The summed E-state index contributed by atoms with van der Waals surface area (Å²) in [5.41, 5.74) is 0.586. The second-order valence-corrected chi connectivity index (χ2v) is 5.53. The third-order valence-electron chi connectivity index (χ3n) is 1.89. The average molecular weight is 350 g/mol. The van der Waals surface area contributed by atoms with Gasteiger partial charge in [0.05, 0.1) is 14.9 Å². The van der Waals surface area contributed by atoms with Crippen LogP contribution in [0.4, 0.5) is 0 Å². The highest BCUT2D eigenvalue weighted by Gasteiger charge is 2.18. The van der Waals surface area contributed by atoms with Gasteiger partial charge in [-0.2, -0.15) is 0 Å². The van der Waals surface area contributed by atoms with E-state index in [9.17, 15) is 4.79 Å². The number of halogens is 2. The Hall–Kier alpha value is -0.390. The molecule has 0 atom stereocenters. The lowest BCUT2D eigenvalue weighted by molar-refractivity contribution is 0.104. The standard InChI is InChI=1S/C10H6Br2O2S/c1-5-2-6(3-14-5)9(13)10-8(12)7(11)4-15-10/h2-4H,1H3. The second kappa shape index (κ2) is 4.23. The summed E-state index contributed by atoms with van der Waals surface area (Å²) >= 11 is 8.12. The highest BCUT2D eigenvalue weighted by molar-refractivity contribution is 9.13. The molecule has 0 aliphatic rings. The van der Waals surface area contributed by atoms with Gasteiger partial charge in [0.1, 0.15) is 12.0 Å². The largest absolute Gasteiger partial charge is 0.469 e. The fourth-order valence-electron chi connectivity index (χ4n) is 1.17. The second-order valence-electron chi connectivity index (χ2n) is 3.00. The Morgan fingerprint density at radius 1 is 1.47 bits per heavy atom. The first kappa shape index (κ1) is 11.1. The van der Waals surface area contributed by atoms with Gasteiger partial charge in [-0.15, -0.1) is 11.3 Å². The zero-order valence-corrected chi connectivity index (χ0v) is 11.7. The minimum atomic E-state index is -0.0191. The maximum absolute atomic E-state index is 12.0. The van der Waals surface area contributed by atoms with Gasteiger partial charge in [-0.1, -0.05) is 0 Å². The molecule has 2 nitrogen and oxygen atoms in total. The van der Waals surface area contributed by atoms with E-state index in [0.717, 1.165) is 14.7 Å². The molecule has 0 saturated heterocycles. The van der Waals surface area contributed by atoms with Crippen LogP contribution in [0, 0.1) is 6.92 Å². The van der Waals surface area contributed by atoms with E-state index in [4.69, 9.17) is 4.42 Å². The van der Waals surface area contributed by atoms with Crippen LogP contribution in [0.2, 0.25) is 0 Å². The highest BCUT2D eigenvalue weighted by atomic mass is 79.9. The van der Waals surface area contributed by atoms with Crippen molar-refractivity contribution in [1.82, 2.24) is 0 Å². The molecule has 0 N–H and O–H groups in total. The van der Waals surface area contributed by atoms with E-state index in [-0.39, 0.29) is 5.78 Å². The molecular formula is C10H6Br2O2S. The molecule has 0 saturated carbocycles. The van der Waals surface area contributed by atoms with Crippen molar-refractivity contribution in [2.75, 3.05) is 0 Å². The first-order chi connectivity index (χ1) is 7.09. The predicted molar refractivity (Wildman–Crippen MR) is 66.6 cm³/mol. The normalized spacial score (nSPS) is 10.6. The lowest BCUT2D eigenvalue weighted by Crippen LogP contribution is -1.96. The lowest BCUT2D eigenvalue weighted by Gasteiger charge is -1.93. The van der Waals surface area contributed by atoms with Gasteiger partial charge in [0.25, 0.3) is 0 Å². The summed E-state index contributed by atoms with van der Waals surface area (Å²) in [5, 5.41) is 1.88. The van der Waals surface area contributed by atoms with Crippen LogP contribution in [-0.4, -0.2) is 5.78 Å². The van der Waals surface area contributed by atoms with Crippen LogP contribution in [-0.2, 0) is 0 Å². The minimum absolute atomic E-state index is 0.0191. The van der Waals surface area contributed by atoms with Crippen molar-refractivity contribution in [3.05, 3.63) is 42.9 Å². The van der Waals surface area contributed by atoms with Crippen LogP contribution in [0.5, 0.6) is 0 Å². The summed E-state index contributed by atoms with van der Waals surface area (Å²) in [6.45, 7) is 1.82. The van der Waals surface area contributed by atoms with Crippen LogP contribution in [0.25, 0.3) is 0 Å².